The van der Waals surface area contributed by atoms with E-state index in [0.29, 0.717) is 80.7 Å². The lowest BCUT2D eigenvalue weighted by Crippen LogP contribution is -2.47. The smallest absolute Gasteiger partial charge is 0.345 e. The van der Waals surface area contributed by atoms with Gasteiger partial charge in [0.05, 0.1) is 10.4 Å². The number of fused-ring (bicyclic) bond motifs is 1. The third-order valence-corrected chi connectivity index (χ3v) is 12.2. The molecule has 1 aromatic carbocycles. The molecule has 5 rings (SSSR count). The number of hydrogen-bond acceptors (Lipinski definition) is 11. The molecule has 18 heteroatoms. The van der Waals surface area contributed by atoms with Gasteiger partial charge in [-0.3, -0.25) is 9.59 Å². The Morgan fingerprint density at radius 3 is 2.19 bits per heavy atom. The van der Waals surface area contributed by atoms with Gasteiger partial charge >= 0.3 is 11.6 Å². The van der Waals surface area contributed by atoms with Crippen LogP contribution in [0.5, 0.6) is 0 Å². The first-order valence-corrected chi connectivity index (χ1v) is 18.8. The number of carbonyl (C=O) groups excluding carboxylic acids is 2. The molecule has 5 N–H and O–H groups in total. The fourth-order valence-corrected chi connectivity index (χ4v) is 9.24. The summed E-state index contributed by atoms with van der Waals surface area (Å²) in [6.07, 6.45) is 2.54. The second-order valence-corrected chi connectivity index (χ2v) is 15.9. The van der Waals surface area contributed by atoms with Crippen molar-refractivity contribution < 1.29 is 40.7 Å². The molecule has 2 fully saturated rings. The summed E-state index contributed by atoms with van der Waals surface area (Å²) in [6.45, 7) is 3.66. The number of benzene rings is 1. The summed E-state index contributed by atoms with van der Waals surface area (Å²) in [5, 5.41) is 20.8. The minimum Gasteiger partial charge on any atom is -0.480 e. The molecule has 2 unspecified atom stereocenters. The maximum absolute atomic E-state index is 13.1. The Hall–Kier alpha value is -3.84. The number of nitrogens with two attached hydrogens (primary N) is 2. The number of anilines is 1. The van der Waals surface area contributed by atoms with Gasteiger partial charge in [0.25, 0.3) is 0 Å². The highest BCUT2D eigenvalue weighted by Gasteiger charge is 2.35. The largest absolute Gasteiger partial charge is 0.480 e. The lowest BCUT2D eigenvalue weighted by Gasteiger charge is -2.35. The van der Waals surface area contributed by atoms with Crippen LogP contribution < -0.4 is 20.8 Å². The molecule has 0 bridgehead atoms. The number of thiophene rings is 1. The standard InChI is InChI=1S/C29H35N5O10S3/c1-2-32(16-19(33-11-3-5-24(33)35)9-10-21(28(37)38)34-12-4-6-25(34)36)18-8-7-17-13-20(29(39)44-22(17)14-18)27-23(46(30,40)41)15-26(45-27)47(31,42)43/h7-8,13-15,19,21H,2-6,9-12,16H2,1H3,(H,37,38)(H2,30,40,41)(H2,31,42,43). The molecule has 2 aromatic heterocycles. The Morgan fingerprint density at radius 1 is 0.979 bits per heavy atom. The van der Waals surface area contributed by atoms with E-state index in [0.717, 1.165) is 6.07 Å². The number of aliphatic carboxylic acids is 1. The van der Waals surface area contributed by atoms with Gasteiger partial charge in [-0.15, -0.1) is 11.3 Å². The summed E-state index contributed by atoms with van der Waals surface area (Å²) >= 11 is 0.485. The predicted octanol–water partition coefficient (Wildman–Crippen LogP) is 1.49. The number of carbonyl (C=O) groups is 3. The van der Waals surface area contributed by atoms with Crippen molar-refractivity contribution in [1.82, 2.24) is 9.80 Å². The van der Waals surface area contributed by atoms with Gasteiger partial charge in [0, 0.05) is 62.2 Å². The van der Waals surface area contributed by atoms with Crippen LogP contribution in [0.15, 0.2) is 48.6 Å². The van der Waals surface area contributed by atoms with Crippen molar-refractivity contribution in [3.63, 3.8) is 0 Å². The Bertz CT molecular complexity index is 2010. The Labute approximate surface area is 274 Å². The van der Waals surface area contributed by atoms with Gasteiger partial charge in [-0.25, -0.2) is 36.7 Å². The normalized spacial score (nSPS) is 17.1. The van der Waals surface area contributed by atoms with Crippen molar-refractivity contribution in [3.8, 4) is 10.4 Å². The third kappa shape index (κ3) is 7.35. The van der Waals surface area contributed by atoms with Gasteiger partial charge in [0.15, 0.2) is 0 Å². The van der Waals surface area contributed by atoms with Gasteiger partial charge in [-0.2, -0.15) is 0 Å². The Kier molecular flexibility index (Phi) is 9.79. The topological polar surface area (TPSA) is 232 Å². The second kappa shape index (κ2) is 13.3. The molecule has 4 heterocycles. The summed E-state index contributed by atoms with van der Waals surface area (Å²) in [7, 11) is -8.73. The van der Waals surface area contributed by atoms with Crippen LogP contribution in [0.1, 0.15) is 45.4 Å². The first-order valence-electron chi connectivity index (χ1n) is 14.9. The molecule has 2 saturated heterocycles. The average Bonchev–Trinajstić information content (AvgIpc) is 3.74. The average molecular weight is 710 g/mol. The molecule has 0 radical (unpaired) electrons. The summed E-state index contributed by atoms with van der Waals surface area (Å²) in [5.74, 6) is -1.29. The molecule has 2 aliphatic heterocycles. The summed E-state index contributed by atoms with van der Waals surface area (Å²) in [6, 6.07) is 5.89. The zero-order valence-corrected chi connectivity index (χ0v) is 27.9. The molecule has 15 nitrogen and oxygen atoms in total. The van der Waals surface area contributed by atoms with Crippen molar-refractivity contribution in [2.45, 2.75) is 66.6 Å². The van der Waals surface area contributed by atoms with Crippen LogP contribution in [-0.4, -0.2) is 87.8 Å². The van der Waals surface area contributed by atoms with Crippen LogP contribution in [0.2, 0.25) is 0 Å². The number of likely N-dealkylation sites (N-methyl/N-ethyl adjacent to an activating group) is 1. The molecule has 2 aliphatic rings. The second-order valence-electron chi connectivity index (χ2n) is 11.5. The van der Waals surface area contributed by atoms with Crippen LogP contribution in [0.25, 0.3) is 21.4 Å². The summed E-state index contributed by atoms with van der Waals surface area (Å²) < 4.78 is 53.4. The van der Waals surface area contributed by atoms with E-state index in [1.807, 2.05) is 11.8 Å². The fourth-order valence-electron chi connectivity index (χ4n) is 6.18. The molecular weight excluding hydrogens is 675 g/mol. The van der Waals surface area contributed by atoms with E-state index in [-0.39, 0.29) is 40.3 Å². The van der Waals surface area contributed by atoms with Crippen LogP contribution in [0.4, 0.5) is 5.69 Å². The van der Waals surface area contributed by atoms with Crippen molar-refractivity contribution >= 4 is 65.8 Å². The molecule has 2 atom stereocenters. The number of carboxylic acid groups (broad SMARTS) is 1. The van der Waals surface area contributed by atoms with Crippen LogP contribution >= 0.6 is 11.3 Å². The minimum atomic E-state index is -4.43. The number of amides is 2. The number of carboxylic acids is 1. The van der Waals surface area contributed by atoms with Crippen LogP contribution in [-0.2, 0) is 34.4 Å². The lowest BCUT2D eigenvalue weighted by atomic mass is 10.0. The summed E-state index contributed by atoms with van der Waals surface area (Å²) in [4.78, 5) is 54.7. The minimum absolute atomic E-state index is 0.0229. The molecule has 3 aromatic rings. The number of nitrogens with zero attached hydrogens (tertiary/aromatic N) is 3. The molecule has 47 heavy (non-hydrogen) atoms. The van der Waals surface area contributed by atoms with Crippen molar-refractivity contribution in [1.29, 1.82) is 0 Å². The number of likely N-dealkylation sites (tertiary alicyclic amines) is 2. The first-order chi connectivity index (χ1) is 22.1. The molecule has 254 valence electrons. The van der Waals surface area contributed by atoms with Crippen molar-refractivity contribution in [2.75, 3.05) is 31.1 Å². The predicted molar refractivity (Wildman–Crippen MR) is 173 cm³/mol. The van der Waals surface area contributed by atoms with Gasteiger partial charge < -0.3 is 24.2 Å². The van der Waals surface area contributed by atoms with Crippen LogP contribution in [0.3, 0.4) is 0 Å². The number of hydrogen-bond donors (Lipinski definition) is 3. The van der Waals surface area contributed by atoms with Gasteiger partial charge in [-0.1, -0.05) is 0 Å². The van der Waals surface area contributed by atoms with E-state index in [9.17, 15) is 41.1 Å². The number of rotatable bonds is 13. The third-order valence-electron chi connectivity index (χ3n) is 8.50. The highest BCUT2D eigenvalue weighted by Crippen LogP contribution is 2.37. The monoisotopic (exact) mass is 709 g/mol. The van der Waals surface area contributed by atoms with Gasteiger partial charge in [-0.05, 0) is 56.9 Å². The SMILES string of the molecule is CCN(CC(CCC(C(=O)O)N1CCCC1=O)N1CCCC1=O)c1ccc2cc(-c3sc(S(N)(=O)=O)cc3S(N)(=O)=O)c(=O)oc2c1. The van der Waals surface area contributed by atoms with Crippen molar-refractivity contribution in [3.05, 3.63) is 40.8 Å². The van der Waals surface area contributed by atoms with E-state index < -0.39 is 46.8 Å². The number of sulfonamides is 2. The zero-order chi connectivity index (χ0) is 34.3. The van der Waals surface area contributed by atoms with E-state index >= 15 is 0 Å². The highest BCUT2D eigenvalue weighted by molar-refractivity contribution is 7.92. The zero-order valence-electron chi connectivity index (χ0n) is 25.5. The van der Waals surface area contributed by atoms with Crippen molar-refractivity contribution in [2.24, 2.45) is 10.3 Å². The van der Waals surface area contributed by atoms with E-state index in [2.05, 4.69) is 0 Å². The maximum Gasteiger partial charge on any atom is 0.345 e. The Balaban J connectivity index is 1.45. The summed E-state index contributed by atoms with van der Waals surface area (Å²) in [5.41, 5.74) is -0.321. The highest BCUT2D eigenvalue weighted by atomic mass is 32.2. The van der Waals surface area contributed by atoms with E-state index in [1.165, 1.54) is 11.0 Å². The fraction of sp³-hybridized carbons (Fsp3) is 0.448. The molecule has 2 amide bonds. The molecular formula is C29H35N5O10S3. The quantitative estimate of drug-likeness (QED) is 0.215. The van der Waals surface area contributed by atoms with E-state index in [1.54, 1.807) is 23.1 Å². The van der Waals surface area contributed by atoms with Gasteiger partial charge in [0.1, 0.15) is 20.7 Å². The van der Waals surface area contributed by atoms with E-state index in [4.69, 9.17) is 14.7 Å². The molecule has 0 saturated carbocycles. The number of primary sulfonamides is 2. The van der Waals surface area contributed by atoms with Crippen LogP contribution in [0, 0.1) is 0 Å². The maximum atomic E-state index is 13.1. The first kappa shape index (κ1) is 34.5. The van der Waals surface area contributed by atoms with Gasteiger partial charge in [0.2, 0.25) is 31.9 Å². The molecule has 0 aliphatic carbocycles. The lowest BCUT2D eigenvalue weighted by molar-refractivity contribution is -0.148. The Morgan fingerprint density at radius 2 is 1.64 bits per heavy atom. The molecule has 0 spiro atoms.